The van der Waals surface area contributed by atoms with Crippen LogP contribution in [0.4, 0.5) is 0 Å². The number of ether oxygens (including phenoxy) is 2. The van der Waals surface area contributed by atoms with Gasteiger partial charge in [-0.2, -0.15) is 0 Å². The number of para-hydroxylation sites is 1. The van der Waals surface area contributed by atoms with Gasteiger partial charge >= 0.3 is 0 Å². The zero-order chi connectivity index (χ0) is 12.8. The van der Waals surface area contributed by atoms with Crippen molar-refractivity contribution in [3.8, 4) is 0 Å². The Bertz CT molecular complexity index is 448. The zero-order valence-electron chi connectivity index (χ0n) is 10.8. The second-order valence-corrected chi connectivity index (χ2v) is 4.10. The molecule has 4 nitrogen and oxygen atoms in total. The molecule has 0 spiro atoms. The molecule has 0 bridgehead atoms. The highest BCUT2D eigenvalue weighted by atomic mass is 16.5. The van der Waals surface area contributed by atoms with Crippen LogP contribution >= 0.6 is 0 Å². The second-order valence-electron chi connectivity index (χ2n) is 4.10. The fourth-order valence-electron chi connectivity index (χ4n) is 1.83. The quantitative estimate of drug-likeness (QED) is 0.765. The van der Waals surface area contributed by atoms with E-state index in [4.69, 9.17) is 13.9 Å². The van der Waals surface area contributed by atoms with Crippen LogP contribution in [0.5, 0.6) is 0 Å². The molecule has 0 aliphatic rings. The van der Waals surface area contributed by atoms with Crippen LogP contribution < -0.4 is 5.32 Å². The van der Waals surface area contributed by atoms with Crippen LogP contribution in [-0.4, -0.2) is 34.0 Å². The van der Waals surface area contributed by atoms with Gasteiger partial charge in [0.25, 0.3) is 0 Å². The number of nitrogens with one attached hydrogen (secondary N) is 1. The van der Waals surface area contributed by atoms with Crippen molar-refractivity contribution < 1.29 is 13.9 Å². The van der Waals surface area contributed by atoms with Gasteiger partial charge in [-0.25, -0.2) is 0 Å². The Morgan fingerprint density at radius 2 is 2.11 bits per heavy atom. The molecule has 1 aromatic heterocycles. The maximum Gasteiger partial charge on any atom is 0.134 e. The van der Waals surface area contributed by atoms with Crippen LogP contribution in [0.15, 0.2) is 34.7 Å². The molecule has 1 unspecified atom stereocenters. The molecule has 0 saturated carbocycles. The van der Waals surface area contributed by atoms with E-state index < -0.39 is 0 Å². The number of furan rings is 1. The van der Waals surface area contributed by atoms with E-state index >= 15 is 0 Å². The standard InChI is InChI=1S/C14H19NO3/c1-15-12(10-17-8-7-16-2)14-9-11-5-3-4-6-13(11)18-14/h3-6,9,12,15H,7-8,10H2,1-2H3. The average molecular weight is 249 g/mol. The van der Waals surface area contributed by atoms with Gasteiger partial charge in [0.1, 0.15) is 11.3 Å². The number of likely N-dealkylation sites (N-methyl/N-ethyl adjacent to an activating group) is 1. The fourth-order valence-corrected chi connectivity index (χ4v) is 1.83. The van der Waals surface area contributed by atoms with Gasteiger partial charge in [0.05, 0.1) is 25.9 Å². The molecule has 1 aromatic carbocycles. The number of benzene rings is 1. The summed E-state index contributed by atoms with van der Waals surface area (Å²) in [4.78, 5) is 0. The third-order valence-corrected chi connectivity index (χ3v) is 2.85. The maximum absolute atomic E-state index is 5.80. The molecule has 2 aromatic rings. The minimum atomic E-state index is 0.0641. The van der Waals surface area contributed by atoms with E-state index in [-0.39, 0.29) is 6.04 Å². The van der Waals surface area contributed by atoms with E-state index in [2.05, 4.69) is 11.4 Å². The highest BCUT2D eigenvalue weighted by Crippen LogP contribution is 2.23. The van der Waals surface area contributed by atoms with Crippen molar-refractivity contribution in [2.24, 2.45) is 0 Å². The predicted octanol–water partition coefficient (Wildman–Crippen LogP) is 2.36. The SMILES string of the molecule is CNC(COCCOC)c1cc2ccccc2o1. The minimum absolute atomic E-state index is 0.0641. The Balaban J connectivity index is 2.02. The predicted molar refractivity (Wildman–Crippen MR) is 70.7 cm³/mol. The molecule has 2 rings (SSSR count). The lowest BCUT2D eigenvalue weighted by atomic mass is 10.2. The molecule has 0 aliphatic carbocycles. The van der Waals surface area contributed by atoms with Crippen molar-refractivity contribution in [3.63, 3.8) is 0 Å². The normalized spacial score (nSPS) is 13.0. The van der Waals surface area contributed by atoms with Crippen LogP contribution in [0.1, 0.15) is 11.8 Å². The molecule has 0 amide bonds. The van der Waals surface area contributed by atoms with Gasteiger partial charge in [-0.15, -0.1) is 0 Å². The Morgan fingerprint density at radius 3 is 2.83 bits per heavy atom. The van der Waals surface area contributed by atoms with Crippen molar-refractivity contribution in [1.29, 1.82) is 0 Å². The number of rotatable bonds is 7. The monoisotopic (exact) mass is 249 g/mol. The van der Waals surface area contributed by atoms with Gasteiger partial charge in [0.2, 0.25) is 0 Å². The average Bonchev–Trinajstić information content (AvgIpc) is 2.82. The number of hydrogen-bond acceptors (Lipinski definition) is 4. The molecule has 0 radical (unpaired) electrons. The third-order valence-electron chi connectivity index (χ3n) is 2.85. The topological polar surface area (TPSA) is 43.6 Å². The Hall–Kier alpha value is -1.36. The lowest BCUT2D eigenvalue weighted by Crippen LogP contribution is -2.22. The highest BCUT2D eigenvalue weighted by Gasteiger charge is 2.14. The fraction of sp³-hybridized carbons (Fsp3) is 0.429. The molecule has 0 fully saturated rings. The van der Waals surface area contributed by atoms with Gasteiger partial charge < -0.3 is 19.2 Å². The molecule has 98 valence electrons. The third kappa shape index (κ3) is 3.10. The highest BCUT2D eigenvalue weighted by molar-refractivity contribution is 5.77. The van der Waals surface area contributed by atoms with Gasteiger partial charge in [0, 0.05) is 12.5 Å². The summed E-state index contributed by atoms with van der Waals surface area (Å²) in [5, 5.41) is 4.31. The molecule has 0 aliphatic heterocycles. The first kappa shape index (κ1) is 13.1. The summed E-state index contributed by atoms with van der Waals surface area (Å²) >= 11 is 0. The summed E-state index contributed by atoms with van der Waals surface area (Å²) in [7, 11) is 3.57. The van der Waals surface area contributed by atoms with E-state index in [0.717, 1.165) is 16.7 Å². The molecule has 4 heteroatoms. The summed E-state index contributed by atoms with van der Waals surface area (Å²) in [6.07, 6.45) is 0. The van der Waals surface area contributed by atoms with Crippen LogP contribution in [0.3, 0.4) is 0 Å². The molecular formula is C14H19NO3. The van der Waals surface area contributed by atoms with Gasteiger partial charge in [0.15, 0.2) is 0 Å². The Morgan fingerprint density at radius 1 is 1.28 bits per heavy atom. The van der Waals surface area contributed by atoms with Crippen LogP contribution in [0.2, 0.25) is 0 Å². The van der Waals surface area contributed by atoms with E-state index in [0.29, 0.717) is 19.8 Å². The summed E-state index contributed by atoms with van der Waals surface area (Å²) in [5.41, 5.74) is 0.907. The van der Waals surface area contributed by atoms with Crippen molar-refractivity contribution in [3.05, 3.63) is 36.1 Å². The maximum atomic E-state index is 5.80. The number of fused-ring (bicyclic) bond motifs is 1. The first-order valence-corrected chi connectivity index (χ1v) is 6.07. The summed E-state index contributed by atoms with van der Waals surface area (Å²) in [5.74, 6) is 0.899. The zero-order valence-corrected chi connectivity index (χ0v) is 10.8. The Labute approximate surface area is 107 Å². The molecule has 1 heterocycles. The second kappa shape index (κ2) is 6.54. The van der Waals surface area contributed by atoms with Crippen LogP contribution in [0.25, 0.3) is 11.0 Å². The van der Waals surface area contributed by atoms with Crippen LogP contribution in [-0.2, 0) is 9.47 Å². The van der Waals surface area contributed by atoms with E-state index in [1.165, 1.54) is 0 Å². The lowest BCUT2D eigenvalue weighted by Gasteiger charge is -2.13. The minimum Gasteiger partial charge on any atom is -0.459 e. The van der Waals surface area contributed by atoms with E-state index in [1.807, 2.05) is 31.3 Å². The van der Waals surface area contributed by atoms with Gasteiger partial charge in [-0.1, -0.05) is 18.2 Å². The van der Waals surface area contributed by atoms with Crippen LogP contribution in [0, 0.1) is 0 Å². The number of hydrogen-bond donors (Lipinski definition) is 1. The van der Waals surface area contributed by atoms with Crippen molar-refractivity contribution in [2.75, 3.05) is 34.0 Å². The first-order valence-electron chi connectivity index (χ1n) is 6.07. The number of methoxy groups -OCH3 is 1. The summed E-state index contributed by atoms with van der Waals surface area (Å²) in [6, 6.07) is 10.1. The summed E-state index contributed by atoms with van der Waals surface area (Å²) < 4.78 is 16.3. The smallest absolute Gasteiger partial charge is 0.134 e. The van der Waals surface area contributed by atoms with Crippen molar-refractivity contribution in [1.82, 2.24) is 5.32 Å². The lowest BCUT2D eigenvalue weighted by molar-refractivity contribution is 0.0569. The molecule has 0 saturated heterocycles. The first-order chi connectivity index (χ1) is 8.85. The van der Waals surface area contributed by atoms with Gasteiger partial charge in [-0.05, 0) is 19.2 Å². The molecule has 18 heavy (non-hydrogen) atoms. The largest absolute Gasteiger partial charge is 0.459 e. The summed E-state index contributed by atoms with van der Waals surface area (Å²) in [6.45, 7) is 1.77. The molecule has 1 atom stereocenters. The van der Waals surface area contributed by atoms with E-state index in [1.54, 1.807) is 7.11 Å². The van der Waals surface area contributed by atoms with Gasteiger partial charge in [-0.3, -0.25) is 0 Å². The van der Waals surface area contributed by atoms with E-state index in [9.17, 15) is 0 Å². The molecular weight excluding hydrogens is 230 g/mol. The van der Waals surface area contributed by atoms with Crippen molar-refractivity contribution in [2.45, 2.75) is 6.04 Å². The van der Waals surface area contributed by atoms with Crippen molar-refractivity contribution >= 4 is 11.0 Å². The Kier molecular flexibility index (Phi) is 4.75. The molecule has 1 N–H and O–H groups in total.